The van der Waals surface area contributed by atoms with E-state index in [1.807, 2.05) is 62.4 Å². The zero-order chi connectivity index (χ0) is 30.4. The van der Waals surface area contributed by atoms with Gasteiger partial charge in [0, 0.05) is 28.9 Å². The largest absolute Gasteiger partial charge is 0.490 e. The number of sulfonamides is 1. The SMILES string of the molecule is CCOc1ccc(CCNS(=O)(=O)c2cc(C3=NN[C@@H](Nc4ccc(F)cc4)c4ccccc43)ccc2C)cc1OCC. The predicted molar refractivity (Wildman–Crippen MR) is 167 cm³/mol. The van der Waals surface area contributed by atoms with Crippen LogP contribution in [0.1, 0.15) is 47.8 Å². The van der Waals surface area contributed by atoms with Crippen molar-refractivity contribution in [2.75, 3.05) is 25.1 Å². The van der Waals surface area contributed by atoms with Gasteiger partial charge >= 0.3 is 0 Å². The van der Waals surface area contributed by atoms with Crippen LogP contribution in [0.15, 0.2) is 94.9 Å². The van der Waals surface area contributed by atoms with Crippen LogP contribution in [0.4, 0.5) is 10.1 Å². The molecule has 10 heteroatoms. The first-order valence-corrected chi connectivity index (χ1v) is 15.7. The minimum atomic E-state index is -3.82. The highest BCUT2D eigenvalue weighted by atomic mass is 32.2. The molecule has 1 heterocycles. The highest BCUT2D eigenvalue weighted by Crippen LogP contribution is 2.30. The molecule has 3 N–H and O–H groups in total. The van der Waals surface area contributed by atoms with E-state index in [1.165, 1.54) is 12.1 Å². The number of hydrazone groups is 1. The van der Waals surface area contributed by atoms with Crippen LogP contribution in [0.5, 0.6) is 11.5 Å². The number of nitrogens with zero attached hydrogens (tertiary/aromatic N) is 1. The Morgan fingerprint density at radius 2 is 1.65 bits per heavy atom. The minimum Gasteiger partial charge on any atom is -0.490 e. The monoisotopic (exact) mass is 602 g/mol. The molecular weight excluding hydrogens is 567 g/mol. The van der Waals surface area contributed by atoms with Crippen LogP contribution in [0.3, 0.4) is 0 Å². The predicted octanol–water partition coefficient (Wildman–Crippen LogP) is 5.92. The van der Waals surface area contributed by atoms with Crippen LogP contribution < -0.4 is 24.9 Å². The fourth-order valence-electron chi connectivity index (χ4n) is 4.96. The molecule has 1 aliphatic heterocycles. The molecule has 1 aliphatic rings. The van der Waals surface area contributed by atoms with Gasteiger partial charge in [0.05, 0.1) is 23.8 Å². The average Bonchev–Trinajstić information content (AvgIpc) is 3.00. The van der Waals surface area contributed by atoms with E-state index < -0.39 is 10.0 Å². The van der Waals surface area contributed by atoms with E-state index in [0.717, 1.165) is 22.4 Å². The van der Waals surface area contributed by atoms with E-state index in [4.69, 9.17) is 9.47 Å². The molecule has 0 spiro atoms. The third kappa shape index (κ3) is 6.98. The summed E-state index contributed by atoms with van der Waals surface area (Å²) >= 11 is 0. The Hall–Kier alpha value is -4.41. The van der Waals surface area contributed by atoms with Crippen molar-refractivity contribution < 1.29 is 22.3 Å². The Balaban J connectivity index is 1.34. The summed E-state index contributed by atoms with van der Waals surface area (Å²) in [5, 5.41) is 7.96. The van der Waals surface area contributed by atoms with Crippen molar-refractivity contribution in [2.24, 2.45) is 5.10 Å². The number of anilines is 1. The van der Waals surface area contributed by atoms with Gasteiger partial charge in [0.25, 0.3) is 0 Å². The zero-order valence-electron chi connectivity index (χ0n) is 24.4. The molecule has 0 saturated heterocycles. The van der Waals surface area contributed by atoms with E-state index in [0.29, 0.717) is 48.0 Å². The fourth-order valence-corrected chi connectivity index (χ4v) is 6.26. The number of ether oxygens (including phenoxy) is 2. The molecule has 4 aromatic carbocycles. The molecule has 8 nitrogen and oxygen atoms in total. The van der Waals surface area contributed by atoms with E-state index in [1.54, 1.807) is 31.2 Å². The summed E-state index contributed by atoms with van der Waals surface area (Å²) in [7, 11) is -3.82. The highest BCUT2D eigenvalue weighted by molar-refractivity contribution is 7.89. The van der Waals surface area contributed by atoms with Gasteiger partial charge in [-0.15, -0.1) is 0 Å². The van der Waals surface area contributed by atoms with E-state index >= 15 is 0 Å². The maximum absolute atomic E-state index is 13.5. The van der Waals surface area contributed by atoms with Gasteiger partial charge in [-0.1, -0.05) is 42.5 Å². The number of hydrogen-bond acceptors (Lipinski definition) is 7. The second kappa shape index (κ2) is 13.3. The molecule has 0 fully saturated rings. The number of nitrogens with one attached hydrogen (secondary N) is 3. The van der Waals surface area contributed by atoms with Gasteiger partial charge in [0.2, 0.25) is 10.0 Å². The number of benzene rings is 4. The lowest BCUT2D eigenvalue weighted by Gasteiger charge is -2.28. The molecule has 0 unspecified atom stereocenters. The van der Waals surface area contributed by atoms with Crippen LogP contribution >= 0.6 is 0 Å². The standard InChI is InChI=1S/C33H35FN4O4S/c1-4-41-29-17-11-23(20-30(29)42-5-2)18-19-35-43(39,40)31-21-24(12-10-22(31)3)32-27-8-6-7-9-28(27)33(38-37-32)36-26-15-13-25(34)14-16-26/h6-17,20-21,33,35-36,38H,4-5,18-19H2,1-3H3/t33-/m1/s1. The summed E-state index contributed by atoms with van der Waals surface area (Å²) in [6, 6.07) is 24.9. The van der Waals surface area contributed by atoms with Crippen LogP contribution in [0.2, 0.25) is 0 Å². The molecule has 0 radical (unpaired) electrons. The van der Waals surface area contributed by atoms with Crippen LogP contribution in [0, 0.1) is 12.7 Å². The van der Waals surface area contributed by atoms with Crippen molar-refractivity contribution in [1.29, 1.82) is 0 Å². The maximum Gasteiger partial charge on any atom is 0.240 e. The Morgan fingerprint density at radius 1 is 0.907 bits per heavy atom. The molecule has 5 rings (SSSR count). The van der Waals surface area contributed by atoms with Crippen molar-refractivity contribution in [1.82, 2.24) is 10.1 Å². The first-order valence-electron chi connectivity index (χ1n) is 14.2. The lowest BCUT2D eigenvalue weighted by molar-refractivity contribution is 0.287. The minimum absolute atomic E-state index is 0.193. The van der Waals surface area contributed by atoms with Gasteiger partial charge in [-0.25, -0.2) is 17.5 Å². The van der Waals surface area contributed by atoms with E-state index in [9.17, 15) is 12.8 Å². The van der Waals surface area contributed by atoms with Gasteiger partial charge in [0.15, 0.2) is 11.5 Å². The molecule has 0 amide bonds. The first-order chi connectivity index (χ1) is 20.8. The molecule has 4 aromatic rings. The molecule has 0 saturated carbocycles. The number of fused-ring (bicyclic) bond motifs is 1. The summed E-state index contributed by atoms with van der Waals surface area (Å²) < 4.78 is 54.4. The van der Waals surface area contributed by atoms with Crippen molar-refractivity contribution in [2.45, 2.75) is 38.3 Å². The second-order valence-corrected chi connectivity index (χ2v) is 11.8. The fraction of sp³-hybridized carbons (Fsp3) is 0.242. The summed E-state index contributed by atoms with van der Waals surface area (Å²) in [5.74, 6) is 1.00. The van der Waals surface area contributed by atoms with Crippen LogP contribution in [-0.2, 0) is 16.4 Å². The van der Waals surface area contributed by atoms with Crippen molar-refractivity contribution in [3.8, 4) is 11.5 Å². The first kappa shape index (κ1) is 30.1. The Kier molecular flexibility index (Phi) is 9.27. The molecule has 1 atom stereocenters. The summed E-state index contributed by atoms with van der Waals surface area (Å²) in [6.45, 7) is 6.84. The van der Waals surface area contributed by atoms with Gasteiger partial charge in [-0.3, -0.25) is 5.43 Å². The van der Waals surface area contributed by atoms with E-state index in [2.05, 4.69) is 20.6 Å². The topological polar surface area (TPSA) is 101 Å². The zero-order valence-corrected chi connectivity index (χ0v) is 25.2. The summed E-state index contributed by atoms with van der Waals surface area (Å²) in [5.41, 5.74) is 8.52. The Morgan fingerprint density at radius 3 is 2.42 bits per heavy atom. The van der Waals surface area contributed by atoms with E-state index in [-0.39, 0.29) is 23.4 Å². The van der Waals surface area contributed by atoms with Crippen molar-refractivity contribution in [3.05, 3.63) is 119 Å². The van der Waals surface area contributed by atoms with Crippen LogP contribution in [0.25, 0.3) is 0 Å². The number of hydrogen-bond donors (Lipinski definition) is 3. The van der Waals surface area contributed by atoms with Gasteiger partial charge in [-0.2, -0.15) is 5.10 Å². The van der Waals surface area contributed by atoms with Crippen LogP contribution in [-0.4, -0.2) is 33.9 Å². The smallest absolute Gasteiger partial charge is 0.240 e. The summed E-state index contributed by atoms with van der Waals surface area (Å²) in [6.07, 6.45) is 0.128. The highest BCUT2D eigenvalue weighted by Gasteiger charge is 2.25. The molecule has 224 valence electrons. The third-order valence-electron chi connectivity index (χ3n) is 7.05. The lowest BCUT2D eigenvalue weighted by atomic mass is 9.94. The molecule has 0 aliphatic carbocycles. The van der Waals surface area contributed by atoms with Gasteiger partial charge in [0.1, 0.15) is 12.0 Å². The normalized spacial score (nSPS) is 14.3. The number of aryl methyl sites for hydroxylation is 1. The summed E-state index contributed by atoms with van der Waals surface area (Å²) in [4.78, 5) is 0.193. The molecule has 0 bridgehead atoms. The molecule has 43 heavy (non-hydrogen) atoms. The van der Waals surface area contributed by atoms with Crippen molar-refractivity contribution in [3.63, 3.8) is 0 Å². The van der Waals surface area contributed by atoms with Gasteiger partial charge < -0.3 is 14.8 Å². The Labute approximate surface area is 252 Å². The molecule has 0 aromatic heterocycles. The quantitative estimate of drug-likeness (QED) is 0.186. The Bertz CT molecular complexity index is 1730. The number of halogens is 1. The van der Waals surface area contributed by atoms with Crippen molar-refractivity contribution >= 4 is 21.4 Å². The number of rotatable bonds is 12. The second-order valence-electron chi connectivity index (χ2n) is 10.0. The third-order valence-corrected chi connectivity index (χ3v) is 8.66. The lowest BCUT2D eigenvalue weighted by Crippen LogP contribution is -2.32. The van der Waals surface area contributed by atoms with Gasteiger partial charge in [-0.05, 0) is 80.8 Å². The molecular formula is C33H35FN4O4S. The average molecular weight is 603 g/mol. The maximum atomic E-state index is 13.5.